The summed E-state index contributed by atoms with van der Waals surface area (Å²) in [7, 11) is 0. The van der Waals surface area contributed by atoms with Gasteiger partial charge < -0.3 is 14.2 Å². The lowest BCUT2D eigenvalue weighted by Crippen LogP contribution is -2.36. The van der Waals surface area contributed by atoms with Crippen LogP contribution in [0.3, 0.4) is 0 Å². The van der Waals surface area contributed by atoms with Gasteiger partial charge in [-0.3, -0.25) is 19.3 Å². The Bertz CT molecular complexity index is 1410. The van der Waals surface area contributed by atoms with Crippen LogP contribution in [0.15, 0.2) is 64.6 Å². The molecule has 1 fully saturated rings. The lowest BCUT2D eigenvalue weighted by Gasteiger charge is -2.20. The maximum atomic E-state index is 13.3. The second kappa shape index (κ2) is 10.8. The number of aromatic amines is 1. The van der Waals surface area contributed by atoms with E-state index in [1.54, 1.807) is 29.2 Å². The number of hydrogen-bond donors (Lipinski definition) is 1. The van der Waals surface area contributed by atoms with E-state index in [-0.39, 0.29) is 23.6 Å². The second-order valence-corrected chi connectivity index (χ2v) is 8.67. The molecule has 3 heterocycles. The zero-order chi connectivity index (χ0) is 26.7. The first kappa shape index (κ1) is 26.5. The molecule has 0 bridgehead atoms. The smallest absolute Gasteiger partial charge is 0.423 e. The van der Waals surface area contributed by atoms with Gasteiger partial charge in [0.2, 0.25) is 0 Å². The van der Waals surface area contributed by atoms with E-state index >= 15 is 0 Å². The van der Waals surface area contributed by atoms with Crippen molar-refractivity contribution in [3.05, 3.63) is 97.5 Å². The number of hydrogen-bond acceptors (Lipinski definition) is 8. The Labute approximate surface area is 216 Å². The summed E-state index contributed by atoms with van der Waals surface area (Å²) >= 11 is 11.1. The molecule has 37 heavy (non-hydrogen) atoms. The molecule has 0 spiro atoms. The first-order chi connectivity index (χ1) is 17.5. The maximum absolute atomic E-state index is 13.3. The van der Waals surface area contributed by atoms with Crippen molar-refractivity contribution in [3.63, 3.8) is 0 Å². The van der Waals surface area contributed by atoms with Crippen molar-refractivity contribution < 1.29 is 32.2 Å². The summed E-state index contributed by atoms with van der Waals surface area (Å²) < 4.78 is 57.3. The summed E-state index contributed by atoms with van der Waals surface area (Å²) in [6, 6.07) is 9.45. The monoisotopic (exact) mass is 555 g/mol. The first-order valence-corrected chi connectivity index (χ1v) is 11.4. The molecular formula is C23H17ClF3N3O6S. The van der Waals surface area contributed by atoms with E-state index in [2.05, 4.69) is 4.98 Å². The van der Waals surface area contributed by atoms with Crippen molar-refractivity contribution in [1.29, 1.82) is 0 Å². The normalized spacial score (nSPS) is 19.4. The summed E-state index contributed by atoms with van der Waals surface area (Å²) in [5.74, 6) is -0.766. The Morgan fingerprint density at radius 1 is 1.22 bits per heavy atom. The zero-order valence-electron chi connectivity index (χ0n) is 18.6. The van der Waals surface area contributed by atoms with Crippen molar-refractivity contribution in [2.75, 3.05) is 6.61 Å². The number of esters is 1. The summed E-state index contributed by atoms with van der Waals surface area (Å²) in [5.41, 5.74) is -3.63. The van der Waals surface area contributed by atoms with Gasteiger partial charge in [0.15, 0.2) is 5.05 Å². The number of ether oxygens (including phenoxy) is 3. The molecule has 1 N–H and O–H groups in total. The SMILES string of the molecule is O=C(O[C@H]1C[C@H](n2cc(C(F)(F)F)c(=O)[nH]c2=O)O[C@@H]1COC(=S)c1ccc(Cl)cc1)c1cccnc1. The molecule has 0 saturated carbocycles. The van der Waals surface area contributed by atoms with Gasteiger partial charge in [-0.15, -0.1) is 0 Å². The van der Waals surface area contributed by atoms with Crippen molar-refractivity contribution in [2.45, 2.75) is 31.0 Å². The first-order valence-electron chi connectivity index (χ1n) is 10.6. The van der Waals surface area contributed by atoms with Crippen molar-refractivity contribution in [3.8, 4) is 0 Å². The van der Waals surface area contributed by atoms with Crippen LogP contribution in [0.5, 0.6) is 0 Å². The van der Waals surface area contributed by atoms with Crippen LogP contribution in [0.2, 0.25) is 5.02 Å². The fourth-order valence-electron chi connectivity index (χ4n) is 3.56. The molecule has 0 aliphatic carbocycles. The number of benzene rings is 1. The predicted octanol–water partition coefficient (Wildman–Crippen LogP) is 3.51. The third-order valence-electron chi connectivity index (χ3n) is 5.38. The van der Waals surface area contributed by atoms with Gasteiger partial charge in [-0.05, 0) is 48.6 Å². The van der Waals surface area contributed by atoms with Gasteiger partial charge in [-0.25, -0.2) is 9.59 Å². The van der Waals surface area contributed by atoms with E-state index in [4.69, 9.17) is 38.0 Å². The molecule has 1 aliphatic heterocycles. The molecule has 194 valence electrons. The van der Waals surface area contributed by atoms with Crippen molar-refractivity contribution >= 4 is 34.8 Å². The molecule has 3 aromatic rings. The molecule has 1 aromatic carbocycles. The molecule has 0 unspecified atom stereocenters. The lowest BCUT2D eigenvalue weighted by atomic mass is 10.1. The van der Waals surface area contributed by atoms with E-state index in [0.717, 1.165) is 0 Å². The van der Waals surface area contributed by atoms with Crippen LogP contribution in [0.4, 0.5) is 13.2 Å². The second-order valence-electron chi connectivity index (χ2n) is 7.86. The number of aromatic nitrogens is 3. The highest BCUT2D eigenvalue weighted by atomic mass is 35.5. The van der Waals surface area contributed by atoms with E-state index in [9.17, 15) is 27.6 Å². The molecule has 1 saturated heterocycles. The fourth-order valence-corrected chi connectivity index (χ4v) is 3.89. The van der Waals surface area contributed by atoms with E-state index in [1.165, 1.54) is 24.5 Å². The Morgan fingerprint density at radius 2 is 1.95 bits per heavy atom. The van der Waals surface area contributed by atoms with Gasteiger partial charge in [0, 0.05) is 35.6 Å². The van der Waals surface area contributed by atoms with E-state index in [1.807, 2.05) is 0 Å². The van der Waals surface area contributed by atoms with Crippen LogP contribution in [-0.2, 0) is 20.4 Å². The highest BCUT2D eigenvalue weighted by Gasteiger charge is 2.42. The third kappa shape index (κ3) is 6.24. The molecule has 2 aromatic heterocycles. The minimum absolute atomic E-state index is 0.0709. The molecule has 3 atom stereocenters. The standard InChI is InChI=1S/C23H17ClF3N3O6S/c24-14-5-3-12(4-6-14)21(37)34-11-17-16(36-20(32)13-2-1-7-28-9-13)8-18(35-17)30-10-15(23(25,26)27)19(31)29-22(30)33/h1-7,9-10,16-18H,8,11H2,(H,29,31,33)/t16-,17+,18+/m0/s1. The van der Waals surface area contributed by atoms with Crippen LogP contribution < -0.4 is 11.2 Å². The van der Waals surface area contributed by atoms with Crippen LogP contribution in [0.25, 0.3) is 0 Å². The number of H-pyrrole nitrogens is 1. The minimum Gasteiger partial charge on any atom is -0.480 e. The quantitative estimate of drug-likeness (QED) is 0.363. The lowest BCUT2D eigenvalue weighted by molar-refractivity contribution is -0.139. The third-order valence-corrected chi connectivity index (χ3v) is 5.98. The van der Waals surface area contributed by atoms with Gasteiger partial charge in [-0.2, -0.15) is 13.2 Å². The van der Waals surface area contributed by atoms with Crippen molar-refractivity contribution in [2.24, 2.45) is 0 Å². The molecule has 1 aliphatic rings. The van der Waals surface area contributed by atoms with Crippen LogP contribution in [0, 0.1) is 0 Å². The van der Waals surface area contributed by atoms with Crippen molar-refractivity contribution in [1.82, 2.24) is 14.5 Å². The van der Waals surface area contributed by atoms with Gasteiger partial charge >= 0.3 is 17.8 Å². The fraction of sp³-hybridized carbons (Fsp3) is 0.261. The summed E-state index contributed by atoms with van der Waals surface area (Å²) in [5, 5.41) is 0.557. The highest BCUT2D eigenvalue weighted by molar-refractivity contribution is 7.80. The average molecular weight is 556 g/mol. The Kier molecular flexibility index (Phi) is 7.76. The average Bonchev–Trinajstić information content (AvgIpc) is 3.24. The molecule has 14 heteroatoms. The van der Waals surface area contributed by atoms with Crippen LogP contribution in [0.1, 0.15) is 34.1 Å². The number of thiocarbonyl (C=S) groups is 1. The molecule has 0 radical (unpaired) electrons. The number of pyridine rings is 1. The van der Waals surface area contributed by atoms with E-state index in [0.29, 0.717) is 21.4 Å². The van der Waals surface area contributed by atoms with Gasteiger partial charge in [0.25, 0.3) is 5.56 Å². The summed E-state index contributed by atoms with van der Waals surface area (Å²) in [4.78, 5) is 42.1. The van der Waals surface area contributed by atoms with Gasteiger partial charge in [0.1, 0.15) is 30.6 Å². The van der Waals surface area contributed by atoms with E-state index < -0.39 is 47.4 Å². The number of rotatable bonds is 6. The molecule has 4 rings (SSSR count). The van der Waals surface area contributed by atoms with Gasteiger partial charge in [0.05, 0.1) is 5.56 Å². The molecular weight excluding hydrogens is 539 g/mol. The molecule has 0 amide bonds. The molecule has 9 nitrogen and oxygen atoms in total. The Morgan fingerprint density at radius 3 is 2.59 bits per heavy atom. The summed E-state index contributed by atoms with van der Waals surface area (Å²) in [6.45, 7) is -0.257. The van der Waals surface area contributed by atoms with Crippen LogP contribution >= 0.6 is 23.8 Å². The zero-order valence-corrected chi connectivity index (χ0v) is 20.2. The topological polar surface area (TPSA) is 113 Å². The maximum Gasteiger partial charge on any atom is 0.423 e. The summed E-state index contributed by atoms with van der Waals surface area (Å²) in [6.07, 6.45) is -5.50. The number of halogens is 4. The predicted molar refractivity (Wildman–Crippen MR) is 127 cm³/mol. The highest BCUT2D eigenvalue weighted by Crippen LogP contribution is 2.32. The number of carbonyl (C=O) groups excluding carboxylic acids is 1. The van der Waals surface area contributed by atoms with Gasteiger partial charge in [-0.1, -0.05) is 11.6 Å². The number of carbonyl (C=O) groups is 1. The Hall–Kier alpha value is -3.55. The van der Waals surface area contributed by atoms with Crippen LogP contribution in [-0.4, -0.2) is 44.4 Å². The number of nitrogens with zero attached hydrogens (tertiary/aromatic N) is 2. The number of nitrogens with one attached hydrogen (secondary N) is 1. The Balaban J connectivity index is 1.58. The number of alkyl halides is 3. The minimum atomic E-state index is -5.01. The largest absolute Gasteiger partial charge is 0.480 e.